The number of hydrogen-bond acceptors (Lipinski definition) is 5. The topological polar surface area (TPSA) is 56.8 Å². The van der Waals surface area contributed by atoms with Gasteiger partial charge in [0.15, 0.2) is 0 Å². The highest BCUT2D eigenvalue weighted by Gasteiger charge is 2.37. The summed E-state index contributed by atoms with van der Waals surface area (Å²) in [5.74, 6) is 0.956. The number of fused-ring (bicyclic) bond motifs is 3. The zero-order valence-corrected chi connectivity index (χ0v) is 16.2. The average molecular weight is 367 g/mol. The summed E-state index contributed by atoms with van der Waals surface area (Å²) in [7, 11) is 0.0907. The Balaban J connectivity index is 1.66. The molecule has 0 spiro atoms. The second-order valence-electron chi connectivity index (χ2n) is 7.49. The lowest BCUT2D eigenvalue weighted by atomic mass is 9.83. The van der Waals surface area contributed by atoms with Crippen molar-refractivity contribution in [1.29, 1.82) is 0 Å². The van der Waals surface area contributed by atoms with Gasteiger partial charge in [0.2, 0.25) is 10.0 Å². The van der Waals surface area contributed by atoms with Crippen molar-refractivity contribution in [3.63, 3.8) is 0 Å². The Morgan fingerprint density at radius 2 is 2.04 bits per heavy atom. The van der Waals surface area contributed by atoms with Gasteiger partial charge in [-0.1, -0.05) is 6.07 Å². The Morgan fingerprint density at radius 3 is 2.60 bits per heavy atom. The minimum atomic E-state index is -3.12. The molecule has 1 atom stereocenters. The van der Waals surface area contributed by atoms with Crippen LogP contribution in [0, 0.1) is 5.92 Å². The molecule has 1 aromatic heterocycles. The van der Waals surface area contributed by atoms with Crippen LogP contribution in [0.3, 0.4) is 0 Å². The first-order valence-corrected chi connectivity index (χ1v) is 10.8. The standard InChI is InChI=1S/C18H30N4O2S/c1-20(2)25(23,24)12-4-9-22(14-16-5-3-8-19-13-16)18-15-21-10-6-17(18)7-11-21/h3,5,8,13,17-18H,4,6-7,9-12,14-15H2,1-2H3/t18-/m0/s1. The van der Waals surface area contributed by atoms with Crippen LogP contribution in [0.25, 0.3) is 0 Å². The summed E-state index contributed by atoms with van der Waals surface area (Å²) < 4.78 is 25.5. The Hall–Kier alpha value is -1.02. The number of piperidine rings is 3. The fourth-order valence-electron chi connectivity index (χ4n) is 4.07. The van der Waals surface area contributed by atoms with E-state index >= 15 is 0 Å². The highest BCUT2D eigenvalue weighted by molar-refractivity contribution is 7.89. The molecule has 0 radical (unpaired) electrons. The van der Waals surface area contributed by atoms with Crippen molar-refractivity contribution in [3.8, 4) is 0 Å². The van der Waals surface area contributed by atoms with E-state index in [0.717, 1.165) is 25.6 Å². The lowest BCUT2D eigenvalue weighted by molar-refractivity contribution is 0.00143. The van der Waals surface area contributed by atoms with Crippen molar-refractivity contribution in [2.24, 2.45) is 5.92 Å². The summed E-state index contributed by atoms with van der Waals surface area (Å²) >= 11 is 0. The lowest BCUT2D eigenvalue weighted by Crippen LogP contribution is -2.57. The number of nitrogens with zero attached hydrogens (tertiary/aromatic N) is 4. The van der Waals surface area contributed by atoms with Crippen molar-refractivity contribution in [2.75, 3.05) is 46.0 Å². The molecule has 25 heavy (non-hydrogen) atoms. The van der Waals surface area contributed by atoms with Gasteiger partial charge in [0.25, 0.3) is 0 Å². The Kier molecular flexibility index (Phi) is 6.09. The molecule has 0 aliphatic carbocycles. The second-order valence-corrected chi connectivity index (χ2v) is 9.79. The number of hydrogen-bond donors (Lipinski definition) is 0. The summed E-state index contributed by atoms with van der Waals surface area (Å²) in [4.78, 5) is 9.29. The van der Waals surface area contributed by atoms with Gasteiger partial charge in [0.1, 0.15) is 0 Å². The molecule has 4 heterocycles. The Labute approximate surface area is 151 Å². The highest BCUT2D eigenvalue weighted by atomic mass is 32.2. The molecule has 2 bridgehead atoms. The van der Waals surface area contributed by atoms with Gasteiger partial charge in [-0.05, 0) is 56.4 Å². The van der Waals surface area contributed by atoms with E-state index in [-0.39, 0.29) is 5.75 Å². The fourth-order valence-corrected chi connectivity index (χ4v) is 4.93. The fraction of sp³-hybridized carbons (Fsp3) is 0.722. The summed E-state index contributed by atoms with van der Waals surface area (Å²) in [5.41, 5.74) is 1.20. The third-order valence-electron chi connectivity index (χ3n) is 5.60. The molecule has 0 amide bonds. The molecule has 0 unspecified atom stereocenters. The average Bonchev–Trinajstić information content (AvgIpc) is 2.62. The van der Waals surface area contributed by atoms with Crippen LogP contribution in [-0.2, 0) is 16.6 Å². The summed E-state index contributed by atoms with van der Waals surface area (Å²) in [6.07, 6.45) is 6.93. The van der Waals surface area contributed by atoms with E-state index in [1.54, 1.807) is 20.3 Å². The molecule has 7 heteroatoms. The van der Waals surface area contributed by atoms with E-state index in [1.165, 1.54) is 35.8 Å². The number of pyridine rings is 1. The van der Waals surface area contributed by atoms with Gasteiger partial charge in [-0.25, -0.2) is 12.7 Å². The van der Waals surface area contributed by atoms with Gasteiger partial charge in [-0.3, -0.25) is 9.88 Å². The molecular weight excluding hydrogens is 336 g/mol. The van der Waals surface area contributed by atoms with Crippen molar-refractivity contribution in [2.45, 2.75) is 31.8 Å². The van der Waals surface area contributed by atoms with Crippen molar-refractivity contribution in [1.82, 2.24) is 19.1 Å². The maximum atomic E-state index is 12.1. The predicted octanol–water partition coefficient (Wildman–Crippen LogP) is 1.26. The van der Waals surface area contributed by atoms with Crippen LogP contribution in [0.4, 0.5) is 0 Å². The minimum absolute atomic E-state index is 0.213. The van der Waals surface area contributed by atoms with Gasteiger partial charge in [-0.2, -0.15) is 0 Å². The minimum Gasteiger partial charge on any atom is -0.302 e. The quantitative estimate of drug-likeness (QED) is 0.693. The zero-order valence-electron chi connectivity index (χ0n) is 15.3. The number of rotatable bonds is 8. The third kappa shape index (κ3) is 4.78. The van der Waals surface area contributed by atoms with Crippen LogP contribution in [0.5, 0.6) is 0 Å². The van der Waals surface area contributed by atoms with Crippen LogP contribution >= 0.6 is 0 Å². The highest BCUT2D eigenvalue weighted by Crippen LogP contribution is 2.31. The van der Waals surface area contributed by atoms with E-state index in [9.17, 15) is 8.42 Å². The predicted molar refractivity (Wildman–Crippen MR) is 99.7 cm³/mol. The maximum Gasteiger partial charge on any atom is 0.213 e. The lowest BCUT2D eigenvalue weighted by Gasteiger charge is -2.49. The Bertz CT molecular complexity index is 642. The van der Waals surface area contributed by atoms with Crippen LogP contribution in [0.15, 0.2) is 24.5 Å². The van der Waals surface area contributed by atoms with Crippen molar-refractivity contribution in [3.05, 3.63) is 30.1 Å². The van der Waals surface area contributed by atoms with Gasteiger partial charge < -0.3 is 4.90 Å². The summed E-state index contributed by atoms with van der Waals surface area (Å²) in [6.45, 7) is 5.22. The monoisotopic (exact) mass is 366 g/mol. The van der Waals surface area contributed by atoms with Gasteiger partial charge >= 0.3 is 0 Å². The van der Waals surface area contributed by atoms with Gasteiger partial charge in [-0.15, -0.1) is 0 Å². The largest absolute Gasteiger partial charge is 0.302 e. The molecular formula is C18H30N4O2S. The van der Waals surface area contributed by atoms with Crippen LogP contribution in [-0.4, -0.2) is 79.6 Å². The van der Waals surface area contributed by atoms with Crippen LogP contribution in [0.1, 0.15) is 24.8 Å². The van der Waals surface area contributed by atoms with Crippen LogP contribution in [0.2, 0.25) is 0 Å². The molecule has 1 aromatic rings. The van der Waals surface area contributed by atoms with E-state index in [4.69, 9.17) is 0 Å². The van der Waals surface area contributed by atoms with Gasteiger partial charge in [0, 0.05) is 45.6 Å². The van der Waals surface area contributed by atoms with Crippen LogP contribution < -0.4 is 0 Å². The molecule has 3 fully saturated rings. The normalized spacial score (nSPS) is 26.5. The summed E-state index contributed by atoms with van der Waals surface area (Å²) in [6, 6.07) is 4.61. The molecule has 4 rings (SSSR count). The Morgan fingerprint density at radius 1 is 1.28 bits per heavy atom. The molecule has 0 aromatic carbocycles. The van der Waals surface area contributed by atoms with Crippen molar-refractivity contribution < 1.29 is 8.42 Å². The van der Waals surface area contributed by atoms with Crippen molar-refractivity contribution >= 4 is 10.0 Å². The molecule has 0 N–H and O–H groups in total. The van der Waals surface area contributed by atoms with E-state index in [2.05, 4.69) is 20.9 Å². The first-order chi connectivity index (χ1) is 12.0. The molecule has 6 nitrogen and oxygen atoms in total. The number of sulfonamides is 1. The SMILES string of the molecule is CN(C)S(=O)(=O)CCCN(Cc1cccnc1)[C@H]1CN2CCC1CC2. The van der Waals surface area contributed by atoms with E-state index < -0.39 is 10.0 Å². The van der Waals surface area contributed by atoms with E-state index in [1.807, 2.05) is 12.3 Å². The smallest absolute Gasteiger partial charge is 0.213 e. The molecule has 3 aliphatic heterocycles. The zero-order chi connectivity index (χ0) is 17.9. The molecule has 3 aliphatic rings. The molecule has 3 saturated heterocycles. The first kappa shape index (κ1) is 18.8. The number of aromatic nitrogens is 1. The van der Waals surface area contributed by atoms with E-state index in [0.29, 0.717) is 12.5 Å². The third-order valence-corrected chi connectivity index (χ3v) is 7.52. The first-order valence-electron chi connectivity index (χ1n) is 9.21. The molecule has 0 saturated carbocycles. The van der Waals surface area contributed by atoms with Gasteiger partial charge in [0.05, 0.1) is 5.75 Å². The molecule has 140 valence electrons. The summed E-state index contributed by atoms with van der Waals surface area (Å²) in [5, 5.41) is 0. The second kappa shape index (κ2) is 8.12. The maximum absolute atomic E-state index is 12.1.